The van der Waals surface area contributed by atoms with Gasteiger partial charge in [-0.15, -0.1) is 0 Å². The van der Waals surface area contributed by atoms with Crippen LogP contribution in [0.15, 0.2) is 0 Å². The van der Waals surface area contributed by atoms with E-state index in [9.17, 15) is 4.79 Å². The first-order valence-electron chi connectivity index (χ1n) is 6.24. The Morgan fingerprint density at radius 2 is 2.25 bits per heavy atom. The van der Waals surface area contributed by atoms with Crippen LogP contribution < -0.4 is 0 Å². The van der Waals surface area contributed by atoms with Crippen molar-refractivity contribution in [3.63, 3.8) is 0 Å². The predicted octanol–water partition coefficient (Wildman–Crippen LogP) is 1.18. The Labute approximate surface area is 99.3 Å². The van der Waals surface area contributed by atoms with Crippen molar-refractivity contribution in [3.8, 4) is 0 Å². The number of carbonyl (C=O) groups is 1. The average Bonchev–Trinajstić information content (AvgIpc) is 2.91. The summed E-state index contributed by atoms with van der Waals surface area (Å²) in [4.78, 5) is 11.5. The van der Waals surface area contributed by atoms with Crippen molar-refractivity contribution in [1.82, 2.24) is 0 Å². The molecule has 5 atom stereocenters. The largest absolute Gasteiger partial charge is 0.465 e. The molecule has 5 unspecified atom stereocenters. The lowest BCUT2D eigenvalue weighted by molar-refractivity contribution is -0.142. The fourth-order valence-corrected chi connectivity index (χ4v) is 3.94. The maximum Gasteiger partial charge on any atom is 0.309 e. The minimum absolute atomic E-state index is 0.0520. The van der Waals surface area contributed by atoms with Crippen molar-refractivity contribution < 1.29 is 14.3 Å². The molecule has 0 aromatic heterocycles. The van der Waals surface area contributed by atoms with E-state index in [1.807, 2.05) is 0 Å². The third-order valence-corrected chi connectivity index (χ3v) is 4.80. The molecule has 1 aliphatic heterocycles. The van der Waals surface area contributed by atoms with Gasteiger partial charge in [0.25, 0.3) is 0 Å². The van der Waals surface area contributed by atoms with Gasteiger partial charge in [0.05, 0.1) is 18.6 Å². The summed E-state index contributed by atoms with van der Waals surface area (Å²) >= 11 is 0. The van der Waals surface area contributed by atoms with Crippen LogP contribution in [0.4, 0.5) is 0 Å². The van der Waals surface area contributed by atoms with Crippen molar-refractivity contribution in [2.75, 3.05) is 13.2 Å². The van der Waals surface area contributed by atoms with Crippen molar-refractivity contribution in [1.29, 1.82) is 0 Å². The zero-order valence-electron chi connectivity index (χ0n) is 9.35. The lowest BCUT2D eigenvalue weighted by Crippen LogP contribution is -2.33. The molecule has 3 fully saturated rings. The van der Waals surface area contributed by atoms with E-state index in [0.29, 0.717) is 30.5 Å². The number of ether oxygens (including phenoxy) is 2. The molecule has 2 aliphatic carbocycles. The fourth-order valence-electron chi connectivity index (χ4n) is 3.80. The van der Waals surface area contributed by atoms with Crippen molar-refractivity contribution >= 4 is 16.2 Å². The summed E-state index contributed by atoms with van der Waals surface area (Å²) in [5.74, 6) is 1.84. The SMILES string of the molecule is O=C1OCC2C3CC(CC3OCCC[Si])C12. The van der Waals surface area contributed by atoms with E-state index in [1.165, 1.54) is 6.42 Å². The maximum atomic E-state index is 11.5. The summed E-state index contributed by atoms with van der Waals surface area (Å²) in [6.07, 6.45) is 3.71. The van der Waals surface area contributed by atoms with Gasteiger partial charge < -0.3 is 9.47 Å². The highest BCUT2D eigenvalue weighted by Gasteiger charge is 2.59. The van der Waals surface area contributed by atoms with Crippen LogP contribution in [0.25, 0.3) is 0 Å². The molecule has 0 amide bonds. The molecular formula is C12H17O3Si. The van der Waals surface area contributed by atoms with E-state index in [2.05, 4.69) is 10.2 Å². The minimum atomic E-state index is 0.0520. The van der Waals surface area contributed by atoms with Crippen molar-refractivity contribution in [2.24, 2.45) is 23.7 Å². The van der Waals surface area contributed by atoms with Crippen molar-refractivity contribution in [3.05, 3.63) is 0 Å². The van der Waals surface area contributed by atoms with Gasteiger partial charge in [-0.1, -0.05) is 6.04 Å². The molecular weight excluding hydrogens is 220 g/mol. The summed E-state index contributed by atoms with van der Waals surface area (Å²) in [5, 5.41) is 0. The number of carbonyl (C=O) groups excluding carboxylic acids is 1. The highest BCUT2D eigenvalue weighted by Crippen LogP contribution is 2.55. The molecule has 0 N–H and O–H groups in total. The van der Waals surface area contributed by atoms with Crippen molar-refractivity contribution in [2.45, 2.75) is 31.4 Å². The second-order valence-corrected chi connectivity index (χ2v) is 5.73. The first-order chi connectivity index (χ1) is 7.81. The second-order valence-electron chi connectivity index (χ2n) is 5.23. The van der Waals surface area contributed by atoms with E-state index >= 15 is 0 Å². The molecule has 0 aromatic carbocycles. The highest BCUT2D eigenvalue weighted by molar-refractivity contribution is 6.08. The standard InChI is InChI=1S/C12H17O3Si/c13-12-11-7-4-8(9(11)6-15-12)10(5-7)14-2-1-3-16/h7-11H,1-6H2. The summed E-state index contributed by atoms with van der Waals surface area (Å²) in [6, 6.07) is 0.995. The third-order valence-electron chi connectivity index (χ3n) is 4.45. The van der Waals surface area contributed by atoms with E-state index in [-0.39, 0.29) is 11.9 Å². The van der Waals surface area contributed by atoms with Gasteiger partial charge in [0, 0.05) is 22.8 Å². The first-order valence-corrected chi connectivity index (χ1v) is 6.95. The molecule has 2 bridgehead atoms. The van der Waals surface area contributed by atoms with Crippen LogP contribution in [0, 0.1) is 23.7 Å². The van der Waals surface area contributed by atoms with E-state index in [0.717, 1.165) is 25.5 Å². The smallest absolute Gasteiger partial charge is 0.309 e. The van der Waals surface area contributed by atoms with Gasteiger partial charge in [0.15, 0.2) is 0 Å². The third kappa shape index (κ3) is 1.54. The predicted molar refractivity (Wildman–Crippen MR) is 59.1 cm³/mol. The van der Waals surface area contributed by atoms with Gasteiger partial charge in [-0.05, 0) is 31.1 Å². The Hall–Kier alpha value is -0.353. The van der Waals surface area contributed by atoms with Gasteiger partial charge in [0.2, 0.25) is 0 Å². The van der Waals surface area contributed by atoms with Gasteiger partial charge in [0.1, 0.15) is 0 Å². The molecule has 1 saturated heterocycles. The molecule has 0 spiro atoms. The summed E-state index contributed by atoms with van der Waals surface area (Å²) in [7, 11) is 3.45. The highest BCUT2D eigenvalue weighted by atomic mass is 28.1. The molecule has 2 saturated carbocycles. The Morgan fingerprint density at radius 1 is 1.38 bits per heavy atom. The molecule has 16 heavy (non-hydrogen) atoms. The van der Waals surface area contributed by atoms with Crippen LogP contribution >= 0.6 is 0 Å². The Kier molecular flexibility index (Phi) is 2.79. The lowest BCUT2D eigenvalue weighted by Gasteiger charge is -2.28. The van der Waals surface area contributed by atoms with Crippen LogP contribution in [0.3, 0.4) is 0 Å². The number of rotatable bonds is 4. The minimum Gasteiger partial charge on any atom is -0.465 e. The van der Waals surface area contributed by atoms with Gasteiger partial charge in [-0.25, -0.2) is 0 Å². The summed E-state index contributed by atoms with van der Waals surface area (Å²) in [6.45, 7) is 1.48. The number of fused-ring (bicyclic) bond motifs is 5. The number of cyclic esters (lactones) is 1. The molecule has 3 rings (SSSR count). The molecule has 0 aromatic rings. The van der Waals surface area contributed by atoms with E-state index in [1.54, 1.807) is 0 Å². The number of hydrogen-bond donors (Lipinski definition) is 0. The Morgan fingerprint density at radius 3 is 3.06 bits per heavy atom. The summed E-state index contributed by atoms with van der Waals surface area (Å²) in [5.41, 5.74) is 0. The molecule has 1 heterocycles. The zero-order valence-corrected chi connectivity index (χ0v) is 10.4. The van der Waals surface area contributed by atoms with Crippen LogP contribution in [0.1, 0.15) is 19.3 Å². The van der Waals surface area contributed by atoms with Gasteiger partial charge in [-0.3, -0.25) is 4.79 Å². The number of hydrogen-bond acceptors (Lipinski definition) is 3. The Bertz CT molecular complexity index is 294. The normalized spacial score (nSPS) is 44.8. The van der Waals surface area contributed by atoms with E-state index in [4.69, 9.17) is 9.47 Å². The van der Waals surface area contributed by atoms with Gasteiger partial charge >= 0.3 is 5.97 Å². The summed E-state index contributed by atoms with van der Waals surface area (Å²) < 4.78 is 11.1. The second kappa shape index (κ2) is 4.15. The zero-order chi connectivity index (χ0) is 11.1. The topological polar surface area (TPSA) is 35.5 Å². The average molecular weight is 237 g/mol. The molecule has 87 valence electrons. The van der Waals surface area contributed by atoms with Crippen LogP contribution in [0.2, 0.25) is 6.04 Å². The Balaban J connectivity index is 1.61. The first kappa shape index (κ1) is 10.8. The molecule has 3 aliphatic rings. The molecule has 3 nitrogen and oxygen atoms in total. The van der Waals surface area contributed by atoms with Crippen LogP contribution in [0.5, 0.6) is 0 Å². The molecule has 4 heteroatoms. The lowest BCUT2D eigenvalue weighted by atomic mass is 9.80. The number of esters is 1. The maximum absolute atomic E-state index is 11.5. The van der Waals surface area contributed by atoms with Crippen LogP contribution in [-0.4, -0.2) is 35.5 Å². The fraction of sp³-hybridized carbons (Fsp3) is 0.917. The monoisotopic (exact) mass is 237 g/mol. The van der Waals surface area contributed by atoms with E-state index < -0.39 is 0 Å². The molecule has 3 radical (unpaired) electrons. The van der Waals surface area contributed by atoms with Crippen LogP contribution in [-0.2, 0) is 14.3 Å². The quantitative estimate of drug-likeness (QED) is 0.418. The van der Waals surface area contributed by atoms with Gasteiger partial charge in [-0.2, -0.15) is 0 Å².